The Morgan fingerprint density at radius 1 is 1.28 bits per heavy atom. The van der Waals surface area contributed by atoms with E-state index in [1.165, 1.54) is 6.07 Å². The SMILES string of the molecule is Cl.OCC[C@H](c1ccccc1F)N1CCNCC1. The van der Waals surface area contributed by atoms with Gasteiger partial charge in [-0.3, -0.25) is 4.90 Å². The molecule has 0 saturated carbocycles. The first-order chi connectivity index (χ1) is 8.33. The highest BCUT2D eigenvalue weighted by Crippen LogP contribution is 2.26. The Bertz CT molecular complexity index is 359. The standard InChI is InChI=1S/C13H19FN2O.ClH/c14-12-4-2-1-3-11(12)13(5-10-17)16-8-6-15-7-9-16;/h1-4,13,15,17H,5-10H2;1H/t13-;/m1./s1. The van der Waals surface area contributed by atoms with E-state index in [9.17, 15) is 4.39 Å². The van der Waals surface area contributed by atoms with Gasteiger partial charge < -0.3 is 10.4 Å². The smallest absolute Gasteiger partial charge is 0.127 e. The predicted octanol–water partition coefficient (Wildman–Crippen LogP) is 1.58. The zero-order valence-electron chi connectivity index (χ0n) is 10.3. The third kappa shape index (κ3) is 3.65. The molecule has 18 heavy (non-hydrogen) atoms. The van der Waals surface area contributed by atoms with Crippen LogP contribution < -0.4 is 5.32 Å². The van der Waals surface area contributed by atoms with E-state index in [2.05, 4.69) is 10.2 Å². The van der Waals surface area contributed by atoms with E-state index in [0.29, 0.717) is 12.0 Å². The molecular weight excluding hydrogens is 255 g/mol. The van der Waals surface area contributed by atoms with Crippen LogP contribution in [0.2, 0.25) is 0 Å². The van der Waals surface area contributed by atoms with Crippen LogP contribution in [0.4, 0.5) is 4.39 Å². The van der Waals surface area contributed by atoms with Crippen molar-refractivity contribution in [2.24, 2.45) is 0 Å². The van der Waals surface area contributed by atoms with Crippen LogP contribution in [-0.4, -0.2) is 42.8 Å². The normalized spacial score (nSPS) is 18.1. The number of halogens is 2. The Hall–Kier alpha value is -0.680. The van der Waals surface area contributed by atoms with Crippen LogP contribution in [0, 0.1) is 5.82 Å². The molecule has 0 bridgehead atoms. The number of piperazine rings is 1. The molecule has 0 radical (unpaired) electrons. The monoisotopic (exact) mass is 274 g/mol. The number of nitrogens with zero attached hydrogens (tertiary/aromatic N) is 1. The summed E-state index contributed by atoms with van der Waals surface area (Å²) in [7, 11) is 0. The molecule has 3 nitrogen and oxygen atoms in total. The maximum absolute atomic E-state index is 13.8. The molecule has 1 atom stereocenters. The minimum atomic E-state index is -0.176. The van der Waals surface area contributed by atoms with E-state index in [4.69, 9.17) is 5.11 Å². The molecule has 102 valence electrons. The maximum Gasteiger partial charge on any atom is 0.127 e. The highest BCUT2D eigenvalue weighted by atomic mass is 35.5. The van der Waals surface area contributed by atoms with Crippen molar-refractivity contribution in [2.45, 2.75) is 12.5 Å². The Morgan fingerprint density at radius 3 is 2.56 bits per heavy atom. The molecule has 2 rings (SSSR count). The molecule has 1 fully saturated rings. The van der Waals surface area contributed by atoms with E-state index in [0.717, 1.165) is 26.2 Å². The molecule has 0 aromatic heterocycles. The third-order valence-corrected chi connectivity index (χ3v) is 3.26. The summed E-state index contributed by atoms with van der Waals surface area (Å²) in [6, 6.07) is 6.85. The number of aliphatic hydroxyl groups excluding tert-OH is 1. The van der Waals surface area contributed by atoms with Gasteiger partial charge >= 0.3 is 0 Å². The lowest BCUT2D eigenvalue weighted by Gasteiger charge is -2.35. The second kappa shape index (κ2) is 7.69. The lowest BCUT2D eigenvalue weighted by molar-refractivity contribution is 0.138. The van der Waals surface area contributed by atoms with Crippen molar-refractivity contribution < 1.29 is 9.50 Å². The maximum atomic E-state index is 13.8. The van der Waals surface area contributed by atoms with Gasteiger partial charge in [0.15, 0.2) is 0 Å². The summed E-state index contributed by atoms with van der Waals surface area (Å²) < 4.78 is 13.8. The average Bonchev–Trinajstić information content (AvgIpc) is 2.38. The number of rotatable bonds is 4. The molecule has 1 saturated heterocycles. The van der Waals surface area contributed by atoms with Crippen molar-refractivity contribution in [2.75, 3.05) is 32.8 Å². The third-order valence-electron chi connectivity index (χ3n) is 3.26. The first-order valence-electron chi connectivity index (χ1n) is 6.13. The van der Waals surface area contributed by atoms with Crippen molar-refractivity contribution in [3.63, 3.8) is 0 Å². The predicted molar refractivity (Wildman–Crippen MR) is 72.5 cm³/mol. The number of hydrogen-bond acceptors (Lipinski definition) is 3. The van der Waals surface area contributed by atoms with E-state index in [1.54, 1.807) is 6.07 Å². The number of nitrogens with one attached hydrogen (secondary N) is 1. The van der Waals surface area contributed by atoms with Crippen LogP contribution in [0.1, 0.15) is 18.0 Å². The van der Waals surface area contributed by atoms with Crippen molar-refractivity contribution in [3.05, 3.63) is 35.6 Å². The van der Waals surface area contributed by atoms with Crippen LogP contribution in [0.3, 0.4) is 0 Å². The fourth-order valence-electron chi connectivity index (χ4n) is 2.40. The highest BCUT2D eigenvalue weighted by molar-refractivity contribution is 5.85. The van der Waals surface area contributed by atoms with Crippen molar-refractivity contribution in [1.29, 1.82) is 0 Å². The molecule has 1 aliphatic rings. The molecule has 0 spiro atoms. The Labute approximate surface area is 113 Å². The fraction of sp³-hybridized carbons (Fsp3) is 0.538. The summed E-state index contributed by atoms with van der Waals surface area (Å²) in [5.41, 5.74) is 0.698. The lowest BCUT2D eigenvalue weighted by Crippen LogP contribution is -2.45. The number of hydrogen-bond donors (Lipinski definition) is 2. The fourth-order valence-corrected chi connectivity index (χ4v) is 2.40. The number of benzene rings is 1. The van der Waals surface area contributed by atoms with Crippen molar-refractivity contribution >= 4 is 12.4 Å². The summed E-state index contributed by atoms with van der Waals surface area (Å²) >= 11 is 0. The quantitative estimate of drug-likeness (QED) is 0.875. The van der Waals surface area contributed by atoms with Gasteiger partial charge in [0, 0.05) is 44.4 Å². The topological polar surface area (TPSA) is 35.5 Å². The number of aliphatic hydroxyl groups is 1. The molecular formula is C13H20ClFN2O. The zero-order valence-corrected chi connectivity index (χ0v) is 11.1. The summed E-state index contributed by atoms with van der Waals surface area (Å²) in [5, 5.41) is 12.4. The largest absolute Gasteiger partial charge is 0.396 e. The molecule has 0 aliphatic carbocycles. The van der Waals surface area contributed by atoms with Gasteiger partial charge in [-0.25, -0.2) is 4.39 Å². The zero-order chi connectivity index (χ0) is 12.1. The van der Waals surface area contributed by atoms with Crippen LogP contribution in [0.25, 0.3) is 0 Å². The molecule has 0 amide bonds. The van der Waals surface area contributed by atoms with Crippen molar-refractivity contribution in [1.82, 2.24) is 10.2 Å². The van der Waals surface area contributed by atoms with Gasteiger partial charge in [0.05, 0.1) is 0 Å². The highest BCUT2D eigenvalue weighted by Gasteiger charge is 2.23. The minimum absolute atomic E-state index is 0. The van der Waals surface area contributed by atoms with E-state index >= 15 is 0 Å². The summed E-state index contributed by atoms with van der Waals surface area (Å²) in [6.45, 7) is 3.74. The molecule has 2 N–H and O–H groups in total. The van der Waals surface area contributed by atoms with Crippen LogP contribution in [0.15, 0.2) is 24.3 Å². The van der Waals surface area contributed by atoms with Gasteiger partial charge in [0.25, 0.3) is 0 Å². The van der Waals surface area contributed by atoms with Gasteiger partial charge in [0.1, 0.15) is 5.82 Å². The molecule has 5 heteroatoms. The molecule has 1 heterocycles. The Kier molecular flexibility index (Phi) is 6.57. The van der Waals surface area contributed by atoms with Gasteiger partial charge in [-0.1, -0.05) is 18.2 Å². The second-order valence-electron chi connectivity index (χ2n) is 4.34. The average molecular weight is 275 g/mol. The summed E-state index contributed by atoms with van der Waals surface area (Å²) in [6.07, 6.45) is 0.584. The van der Waals surface area contributed by atoms with Crippen molar-refractivity contribution in [3.8, 4) is 0 Å². The van der Waals surface area contributed by atoms with E-state index in [-0.39, 0.29) is 30.9 Å². The van der Waals surface area contributed by atoms with Gasteiger partial charge in [-0.15, -0.1) is 12.4 Å². The molecule has 1 aromatic rings. The Balaban J connectivity index is 0.00000162. The summed E-state index contributed by atoms with van der Waals surface area (Å²) in [4.78, 5) is 2.24. The molecule has 0 unspecified atom stereocenters. The minimum Gasteiger partial charge on any atom is -0.396 e. The van der Waals surface area contributed by atoms with Gasteiger partial charge in [0.2, 0.25) is 0 Å². The first-order valence-corrected chi connectivity index (χ1v) is 6.13. The summed E-state index contributed by atoms with van der Waals surface area (Å²) in [5.74, 6) is -0.176. The molecule has 1 aromatic carbocycles. The lowest BCUT2D eigenvalue weighted by atomic mass is 10.0. The van der Waals surface area contributed by atoms with E-state index < -0.39 is 0 Å². The van der Waals surface area contributed by atoms with Gasteiger partial charge in [-0.05, 0) is 12.5 Å². The van der Waals surface area contributed by atoms with E-state index in [1.807, 2.05) is 12.1 Å². The van der Waals surface area contributed by atoms with Gasteiger partial charge in [-0.2, -0.15) is 0 Å². The first kappa shape index (κ1) is 15.4. The molecule has 1 aliphatic heterocycles. The van der Waals surface area contributed by atoms with Crippen LogP contribution in [-0.2, 0) is 0 Å². The van der Waals surface area contributed by atoms with Crippen LogP contribution >= 0.6 is 12.4 Å². The van der Waals surface area contributed by atoms with Crippen LogP contribution in [0.5, 0.6) is 0 Å². The second-order valence-corrected chi connectivity index (χ2v) is 4.34. The Morgan fingerprint density at radius 2 is 1.94 bits per heavy atom.